The van der Waals surface area contributed by atoms with E-state index in [0.29, 0.717) is 0 Å². The summed E-state index contributed by atoms with van der Waals surface area (Å²) in [5, 5.41) is 8.70. The van der Waals surface area contributed by atoms with Gasteiger partial charge in [0.25, 0.3) is 0 Å². The zero-order valence-corrected chi connectivity index (χ0v) is 13.5. The van der Waals surface area contributed by atoms with Crippen molar-refractivity contribution >= 4 is 34.7 Å². The number of imidazole rings is 1. The summed E-state index contributed by atoms with van der Waals surface area (Å²) in [5.41, 5.74) is 1.79. The summed E-state index contributed by atoms with van der Waals surface area (Å²) in [5.74, 6) is 0.553. The third kappa shape index (κ3) is 3.79. The van der Waals surface area contributed by atoms with Gasteiger partial charge in [0.15, 0.2) is 0 Å². The third-order valence-corrected chi connectivity index (χ3v) is 3.93. The Hall–Kier alpha value is -2.02. The van der Waals surface area contributed by atoms with Crippen molar-refractivity contribution in [3.8, 4) is 0 Å². The van der Waals surface area contributed by atoms with E-state index in [1.165, 1.54) is 4.90 Å². The summed E-state index contributed by atoms with van der Waals surface area (Å²) >= 11 is 1.65. The van der Waals surface area contributed by atoms with Gasteiger partial charge in [0.05, 0.1) is 23.2 Å². The minimum atomic E-state index is -0.907. The zero-order valence-electron chi connectivity index (χ0n) is 12.7. The first kappa shape index (κ1) is 16.4. The van der Waals surface area contributed by atoms with Gasteiger partial charge >= 0.3 is 5.97 Å². The van der Waals surface area contributed by atoms with Crippen LogP contribution in [0.1, 0.15) is 12.2 Å². The van der Waals surface area contributed by atoms with E-state index in [4.69, 9.17) is 5.11 Å². The number of fused-ring (bicyclic) bond motifs is 1. The maximum absolute atomic E-state index is 12.3. The fourth-order valence-corrected chi connectivity index (χ4v) is 2.66. The van der Waals surface area contributed by atoms with Crippen LogP contribution in [0.25, 0.3) is 11.0 Å². The predicted molar refractivity (Wildman–Crippen MR) is 86.8 cm³/mol. The molecule has 0 aliphatic rings. The summed E-state index contributed by atoms with van der Waals surface area (Å²) in [7, 11) is 1.62. The number of para-hydroxylation sites is 2. The number of thioether (sulfide) groups is 1. The summed E-state index contributed by atoms with van der Waals surface area (Å²) in [6.45, 7) is 0.380. The Morgan fingerprint density at radius 2 is 2.09 bits per heavy atom. The number of hydrogen-bond acceptors (Lipinski definition) is 4. The van der Waals surface area contributed by atoms with Gasteiger partial charge < -0.3 is 14.6 Å². The molecule has 1 N–H and O–H groups in total. The maximum Gasteiger partial charge on any atom is 0.305 e. The van der Waals surface area contributed by atoms with E-state index in [1.54, 1.807) is 18.8 Å². The largest absolute Gasteiger partial charge is 0.481 e. The zero-order chi connectivity index (χ0) is 16.1. The lowest BCUT2D eigenvalue weighted by Crippen LogP contribution is -2.32. The van der Waals surface area contributed by atoms with E-state index in [-0.39, 0.29) is 25.4 Å². The number of aromatic nitrogens is 2. The van der Waals surface area contributed by atoms with Crippen molar-refractivity contribution in [3.05, 3.63) is 30.1 Å². The number of carboxylic acids is 1. The average molecular weight is 321 g/mol. The van der Waals surface area contributed by atoms with Crippen LogP contribution in [0.3, 0.4) is 0 Å². The van der Waals surface area contributed by atoms with Gasteiger partial charge in [-0.1, -0.05) is 12.1 Å². The highest BCUT2D eigenvalue weighted by Gasteiger charge is 2.16. The van der Waals surface area contributed by atoms with Gasteiger partial charge in [0.2, 0.25) is 5.91 Å². The molecule has 22 heavy (non-hydrogen) atoms. The molecule has 0 aliphatic carbocycles. The molecule has 1 aromatic heterocycles. The van der Waals surface area contributed by atoms with Crippen molar-refractivity contribution in [2.45, 2.75) is 18.7 Å². The lowest BCUT2D eigenvalue weighted by molar-refractivity contribution is -0.138. The molecule has 6 nitrogen and oxygen atoms in total. The van der Waals surface area contributed by atoms with Crippen LogP contribution in [0.4, 0.5) is 0 Å². The second-order valence-corrected chi connectivity index (χ2v) is 5.86. The van der Waals surface area contributed by atoms with Crippen LogP contribution in [-0.4, -0.2) is 51.3 Å². The van der Waals surface area contributed by atoms with Gasteiger partial charge in [-0.05, 0) is 18.4 Å². The van der Waals surface area contributed by atoms with Crippen LogP contribution in [-0.2, 0) is 21.9 Å². The van der Waals surface area contributed by atoms with Crippen LogP contribution in [0.15, 0.2) is 24.3 Å². The molecule has 0 unspecified atom stereocenters. The first-order valence-corrected chi connectivity index (χ1v) is 8.31. The number of rotatable bonds is 7. The van der Waals surface area contributed by atoms with E-state index in [0.717, 1.165) is 22.6 Å². The van der Waals surface area contributed by atoms with Gasteiger partial charge in [-0.15, -0.1) is 0 Å². The van der Waals surface area contributed by atoms with Crippen molar-refractivity contribution in [3.63, 3.8) is 0 Å². The molecule has 0 saturated carbocycles. The number of amides is 1. The molecule has 0 atom stereocenters. The highest BCUT2D eigenvalue weighted by Crippen LogP contribution is 2.19. The monoisotopic (exact) mass is 321 g/mol. The highest BCUT2D eigenvalue weighted by molar-refractivity contribution is 7.97. The lowest BCUT2D eigenvalue weighted by atomic mass is 10.3. The summed E-state index contributed by atoms with van der Waals surface area (Å²) in [4.78, 5) is 28.9. The lowest BCUT2D eigenvalue weighted by Gasteiger charge is -2.17. The Balaban J connectivity index is 2.20. The van der Waals surface area contributed by atoms with Gasteiger partial charge in [-0.25, -0.2) is 4.98 Å². The van der Waals surface area contributed by atoms with Gasteiger partial charge in [-0.3, -0.25) is 9.59 Å². The molecule has 2 aromatic rings. The Morgan fingerprint density at radius 3 is 2.77 bits per heavy atom. The Bertz CT molecular complexity index is 684. The highest BCUT2D eigenvalue weighted by atomic mass is 32.2. The molecule has 0 spiro atoms. The molecule has 1 aromatic carbocycles. The average Bonchev–Trinajstić information content (AvgIpc) is 2.83. The summed E-state index contributed by atoms with van der Waals surface area (Å²) in [6.07, 6.45) is 1.94. The fourth-order valence-electron chi connectivity index (χ4n) is 2.19. The van der Waals surface area contributed by atoms with Gasteiger partial charge in [0.1, 0.15) is 12.4 Å². The second-order valence-electron chi connectivity index (χ2n) is 4.99. The quantitative estimate of drug-likeness (QED) is 0.842. The number of carbonyl (C=O) groups is 2. The smallest absolute Gasteiger partial charge is 0.305 e. The number of likely N-dealkylation sites (N-methyl/N-ethyl adjacent to an activating group) is 1. The molecule has 0 fully saturated rings. The molecule has 0 bridgehead atoms. The van der Waals surface area contributed by atoms with Crippen molar-refractivity contribution < 1.29 is 14.7 Å². The molecule has 0 aliphatic heterocycles. The van der Waals surface area contributed by atoms with Gasteiger partial charge in [0, 0.05) is 13.6 Å². The first-order chi connectivity index (χ1) is 10.5. The van der Waals surface area contributed by atoms with E-state index in [1.807, 2.05) is 35.1 Å². The summed E-state index contributed by atoms with van der Waals surface area (Å²) < 4.78 is 1.91. The van der Waals surface area contributed by atoms with Crippen molar-refractivity contribution in [1.29, 1.82) is 0 Å². The molecule has 1 heterocycles. The molecule has 1 amide bonds. The van der Waals surface area contributed by atoms with Gasteiger partial charge in [-0.2, -0.15) is 11.8 Å². The van der Waals surface area contributed by atoms with E-state index < -0.39 is 5.97 Å². The fraction of sp³-hybridized carbons (Fsp3) is 0.400. The van der Waals surface area contributed by atoms with Crippen LogP contribution < -0.4 is 0 Å². The van der Waals surface area contributed by atoms with Crippen molar-refractivity contribution in [1.82, 2.24) is 14.5 Å². The number of aliphatic carboxylic acids is 1. The van der Waals surface area contributed by atoms with E-state index in [2.05, 4.69) is 4.98 Å². The number of carbonyl (C=O) groups excluding carboxylic acids is 1. The maximum atomic E-state index is 12.3. The number of nitrogens with zero attached hydrogens (tertiary/aromatic N) is 3. The molecule has 0 radical (unpaired) electrons. The Labute approximate surface area is 133 Å². The van der Waals surface area contributed by atoms with Crippen molar-refractivity contribution in [2.24, 2.45) is 0 Å². The van der Waals surface area contributed by atoms with Crippen LogP contribution >= 0.6 is 11.8 Å². The molecular formula is C15H19N3O3S. The van der Waals surface area contributed by atoms with E-state index in [9.17, 15) is 9.59 Å². The standard InChI is InChI=1S/C15H19N3O3S/c1-17(8-7-15(20)21)14(19)9-18-12-6-4-3-5-11(12)16-13(18)10-22-2/h3-6H,7-10H2,1-2H3,(H,20,21). The number of benzene rings is 1. The molecule has 7 heteroatoms. The predicted octanol–water partition coefficient (Wildman–Crippen LogP) is 1.83. The van der Waals surface area contributed by atoms with Crippen molar-refractivity contribution in [2.75, 3.05) is 19.8 Å². The normalized spacial score (nSPS) is 10.8. The van der Waals surface area contributed by atoms with Crippen LogP contribution in [0.5, 0.6) is 0 Å². The Kier molecular flexibility index (Phi) is 5.43. The molecular weight excluding hydrogens is 302 g/mol. The Morgan fingerprint density at radius 1 is 1.36 bits per heavy atom. The molecule has 2 rings (SSSR count). The minimum absolute atomic E-state index is 0.0510. The third-order valence-electron chi connectivity index (χ3n) is 3.39. The first-order valence-electron chi connectivity index (χ1n) is 6.91. The number of carboxylic acid groups (broad SMARTS) is 1. The van der Waals surface area contributed by atoms with Crippen LogP contribution in [0, 0.1) is 0 Å². The van der Waals surface area contributed by atoms with Crippen LogP contribution in [0.2, 0.25) is 0 Å². The number of hydrogen-bond donors (Lipinski definition) is 1. The second kappa shape index (κ2) is 7.31. The molecule has 0 saturated heterocycles. The minimum Gasteiger partial charge on any atom is -0.481 e. The topological polar surface area (TPSA) is 75.4 Å². The SMILES string of the molecule is CSCc1nc2ccccc2n1CC(=O)N(C)CCC(=O)O. The molecule has 118 valence electrons. The summed E-state index contributed by atoms with van der Waals surface area (Å²) in [6, 6.07) is 7.70. The van der Waals surface area contributed by atoms with E-state index >= 15 is 0 Å².